The number of carbonyl (C=O) groups excluding carboxylic acids is 1. The number of aliphatic hydroxyl groups excluding tert-OH is 1. The van der Waals surface area contributed by atoms with E-state index in [-0.39, 0.29) is 6.61 Å². The molecule has 1 fully saturated rings. The van der Waals surface area contributed by atoms with Crippen molar-refractivity contribution in [3.05, 3.63) is 35.4 Å². The first kappa shape index (κ1) is 14.6. The van der Waals surface area contributed by atoms with Crippen LogP contribution in [0.4, 0.5) is 0 Å². The highest BCUT2D eigenvalue weighted by atomic mass is 16.3. The van der Waals surface area contributed by atoms with Crippen LogP contribution in [0.3, 0.4) is 0 Å². The molecule has 0 bridgehead atoms. The summed E-state index contributed by atoms with van der Waals surface area (Å²) in [7, 11) is 0. The van der Waals surface area contributed by atoms with Gasteiger partial charge in [0.2, 0.25) is 5.91 Å². The summed E-state index contributed by atoms with van der Waals surface area (Å²) < 4.78 is 0. The molecule has 1 aliphatic heterocycles. The molecule has 1 amide bonds. The lowest BCUT2D eigenvalue weighted by atomic mass is 9.81. The number of rotatable bonds is 3. The smallest absolute Gasteiger partial charge is 0.223 e. The van der Waals surface area contributed by atoms with E-state index >= 15 is 0 Å². The Bertz CT molecular complexity index is 492. The van der Waals surface area contributed by atoms with Crippen LogP contribution in [0.15, 0.2) is 24.3 Å². The van der Waals surface area contributed by atoms with Gasteiger partial charge in [0.15, 0.2) is 0 Å². The highest BCUT2D eigenvalue weighted by Gasteiger charge is 2.27. The zero-order valence-corrected chi connectivity index (χ0v) is 12.6. The lowest BCUT2D eigenvalue weighted by Crippen LogP contribution is -2.39. The Morgan fingerprint density at radius 3 is 2.71 bits per heavy atom. The fraction of sp³-hybridized carbons (Fsp3) is 0.611. The number of hydrogen-bond donors (Lipinski definition) is 1. The van der Waals surface area contributed by atoms with Crippen molar-refractivity contribution in [2.24, 2.45) is 5.92 Å². The minimum absolute atomic E-state index is 0.262. The maximum atomic E-state index is 12.5. The quantitative estimate of drug-likeness (QED) is 0.928. The Hall–Kier alpha value is -1.35. The van der Waals surface area contributed by atoms with E-state index in [1.165, 1.54) is 17.5 Å². The van der Waals surface area contributed by atoms with E-state index in [0.29, 0.717) is 24.2 Å². The van der Waals surface area contributed by atoms with Crippen molar-refractivity contribution >= 4 is 5.91 Å². The van der Waals surface area contributed by atoms with E-state index in [1.807, 2.05) is 4.90 Å². The Morgan fingerprint density at radius 2 is 1.95 bits per heavy atom. The van der Waals surface area contributed by atoms with Crippen LogP contribution < -0.4 is 0 Å². The minimum Gasteiger partial charge on any atom is -0.396 e. The van der Waals surface area contributed by atoms with Crippen molar-refractivity contribution in [2.45, 2.75) is 44.4 Å². The largest absolute Gasteiger partial charge is 0.396 e. The molecule has 3 heteroatoms. The third-order valence-corrected chi connectivity index (χ3v) is 5.14. The fourth-order valence-electron chi connectivity index (χ4n) is 3.77. The van der Waals surface area contributed by atoms with E-state index in [0.717, 1.165) is 38.8 Å². The number of hydrogen-bond acceptors (Lipinski definition) is 2. The van der Waals surface area contributed by atoms with Gasteiger partial charge in [-0.05, 0) is 55.1 Å². The topological polar surface area (TPSA) is 40.5 Å². The summed E-state index contributed by atoms with van der Waals surface area (Å²) >= 11 is 0. The zero-order valence-electron chi connectivity index (χ0n) is 12.6. The molecule has 0 saturated carbocycles. The van der Waals surface area contributed by atoms with Crippen molar-refractivity contribution in [1.82, 2.24) is 4.90 Å². The van der Waals surface area contributed by atoms with Gasteiger partial charge in [0.1, 0.15) is 0 Å². The van der Waals surface area contributed by atoms with E-state index in [4.69, 9.17) is 0 Å². The molecule has 114 valence electrons. The average Bonchev–Trinajstić information content (AvgIpc) is 2.55. The first-order valence-electron chi connectivity index (χ1n) is 8.24. The maximum absolute atomic E-state index is 12.5. The predicted molar refractivity (Wildman–Crippen MR) is 83.1 cm³/mol. The van der Waals surface area contributed by atoms with Crippen LogP contribution in [0.25, 0.3) is 0 Å². The molecule has 1 aromatic carbocycles. The Balaban J connectivity index is 1.61. The highest BCUT2D eigenvalue weighted by molar-refractivity contribution is 5.77. The summed E-state index contributed by atoms with van der Waals surface area (Å²) in [6.07, 6.45) is 6.04. The van der Waals surface area contributed by atoms with Gasteiger partial charge in [-0.15, -0.1) is 0 Å². The Labute approximate surface area is 127 Å². The Morgan fingerprint density at radius 1 is 1.19 bits per heavy atom. The van der Waals surface area contributed by atoms with Gasteiger partial charge in [0, 0.05) is 26.1 Å². The standard InChI is InChI=1S/C18H25NO2/c20-13-14-8-10-19(11-9-14)18(21)12-16-6-3-5-15-4-1-2-7-17(15)16/h1-2,4,7,14,16,20H,3,5-6,8-13H2. The summed E-state index contributed by atoms with van der Waals surface area (Å²) in [6.45, 7) is 1.90. The first-order valence-corrected chi connectivity index (χ1v) is 8.24. The van der Waals surface area contributed by atoms with Crippen LogP contribution >= 0.6 is 0 Å². The van der Waals surface area contributed by atoms with Gasteiger partial charge in [-0.3, -0.25) is 4.79 Å². The molecule has 1 aromatic rings. The predicted octanol–water partition coefficient (Wildman–Crippen LogP) is 2.73. The molecule has 3 nitrogen and oxygen atoms in total. The molecule has 0 radical (unpaired) electrons. The van der Waals surface area contributed by atoms with Gasteiger partial charge >= 0.3 is 0 Å². The van der Waals surface area contributed by atoms with E-state index in [9.17, 15) is 9.90 Å². The number of fused-ring (bicyclic) bond motifs is 1. The molecule has 1 aliphatic carbocycles. The minimum atomic E-state index is 0.262. The summed E-state index contributed by atoms with van der Waals surface area (Å²) in [5.74, 6) is 1.09. The molecule has 1 N–H and O–H groups in total. The number of likely N-dealkylation sites (tertiary alicyclic amines) is 1. The van der Waals surface area contributed by atoms with Crippen molar-refractivity contribution in [3.8, 4) is 0 Å². The molecule has 21 heavy (non-hydrogen) atoms. The summed E-state index contributed by atoms with van der Waals surface area (Å²) in [5.41, 5.74) is 2.82. The molecule has 0 spiro atoms. The van der Waals surface area contributed by atoms with Gasteiger partial charge in [-0.25, -0.2) is 0 Å². The lowest BCUT2D eigenvalue weighted by molar-refractivity contribution is -0.133. The van der Waals surface area contributed by atoms with Gasteiger partial charge in [-0.1, -0.05) is 24.3 Å². The number of piperidine rings is 1. The third-order valence-electron chi connectivity index (χ3n) is 5.14. The molecule has 1 unspecified atom stereocenters. The van der Waals surface area contributed by atoms with E-state index in [2.05, 4.69) is 24.3 Å². The Kier molecular flexibility index (Phi) is 4.59. The van der Waals surface area contributed by atoms with Gasteiger partial charge in [0.25, 0.3) is 0 Å². The van der Waals surface area contributed by atoms with E-state index in [1.54, 1.807) is 0 Å². The van der Waals surface area contributed by atoms with E-state index < -0.39 is 0 Å². The van der Waals surface area contributed by atoms with Crippen molar-refractivity contribution < 1.29 is 9.90 Å². The maximum Gasteiger partial charge on any atom is 0.223 e. The van der Waals surface area contributed by atoms with Crippen molar-refractivity contribution in [2.75, 3.05) is 19.7 Å². The second-order valence-electron chi connectivity index (χ2n) is 6.50. The summed E-state index contributed by atoms with van der Waals surface area (Å²) in [4.78, 5) is 14.5. The summed E-state index contributed by atoms with van der Waals surface area (Å²) in [5, 5.41) is 9.18. The van der Waals surface area contributed by atoms with Crippen LogP contribution in [0, 0.1) is 5.92 Å². The third kappa shape index (κ3) is 3.29. The molecule has 1 atom stereocenters. The highest BCUT2D eigenvalue weighted by Crippen LogP contribution is 2.34. The lowest BCUT2D eigenvalue weighted by Gasteiger charge is -2.33. The molecule has 1 saturated heterocycles. The number of aryl methyl sites for hydroxylation is 1. The molecular formula is C18H25NO2. The molecular weight excluding hydrogens is 262 g/mol. The second-order valence-corrected chi connectivity index (χ2v) is 6.50. The molecule has 0 aromatic heterocycles. The van der Waals surface area contributed by atoms with Crippen molar-refractivity contribution in [1.29, 1.82) is 0 Å². The second kappa shape index (κ2) is 6.61. The molecule has 1 heterocycles. The molecule has 2 aliphatic rings. The molecule has 3 rings (SSSR count). The van der Waals surface area contributed by atoms with Crippen LogP contribution in [0.5, 0.6) is 0 Å². The number of benzene rings is 1. The normalized spacial score (nSPS) is 22.9. The van der Waals surface area contributed by atoms with Gasteiger partial charge in [-0.2, -0.15) is 0 Å². The number of aliphatic hydroxyl groups is 1. The van der Waals surface area contributed by atoms with Gasteiger partial charge in [0.05, 0.1) is 0 Å². The zero-order chi connectivity index (χ0) is 14.7. The van der Waals surface area contributed by atoms with Gasteiger partial charge < -0.3 is 10.0 Å². The number of amides is 1. The van der Waals surface area contributed by atoms with Crippen LogP contribution in [0.1, 0.15) is 49.1 Å². The monoisotopic (exact) mass is 287 g/mol. The fourth-order valence-corrected chi connectivity index (χ4v) is 3.77. The van der Waals surface area contributed by atoms with Crippen LogP contribution in [0.2, 0.25) is 0 Å². The SMILES string of the molecule is O=C(CC1CCCc2ccccc21)N1CCC(CO)CC1. The summed E-state index contributed by atoms with van der Waals surface area (Å²) in [6, 6.07) is 8.60. The van der Waals surface area contributed by atoms with Crippen LogP contribution in [-0.4, -0.2) is 35.6 Å². The van der Waals surface area contributed by atoms with Crippen molar-refractivity contribution in [3.63, 3.8) is 0 Å². The van der Waals surface area contributed by atoms with Crippen LogP contribution in [-0.2, 0) is 11.2 Å². The first-order chi connectivity index (χ1) is 10.3. The number of nitrogens with zero attached hydrogens (tertiary/aromatic N) is 1. The average molecular weight is 287 g/mol. The number of carbonyl (C=O) groups is 1.